The number of halogens is 1. The van der Waals surface area contributed by atoms with Gasteiger partial charge in [0.15, 0.2) is 0 Å². The summed E-state index contributed by atoms with van der Waals surface area (Å²) in [4.78, 5) is 10.3. The van der Waals surface area contributed by atoms with Crippen molar-refractivity contribution in [2.45, 2.75) is 13.3 Å². The van der Waals surface area contributed by atoms with E-state index in [0.717, 1.165) is 12.1 Å². The molecule has 6 heteroatoms. The van der Waals surface area contributed by atoms with Gasteiger partial charge >= 0.3 is 0 Å². The van der Waals surface area contributed by atoms with E-state index in [2.05, 4.69) is 9.97 Å². The Balaban J connectivity index is 2.30. The average Bonchev–Trinajstić information content (AvgIpc) is 2.50. The van der Waals surface area contributed by atoms with Gasteiger partial charge in [0.1, 0.15) is 18.0 Å². The second-order valence-corrected chi connectivity index (χ2v) is 4.42. The normalized spacial score (nSPS) is 10.4. The van der Waals surface area contributed by atoms with Gasteiger partial charge < -0.3 is 15.4 Å². The number of ether oxygens (including phenoxy) is 1. The molecule has 1 aromatic heterocycles. The molecular formula is C15H19FN4O. The Kier molecular flexibility index (Phi) is 5.45. The third-order valence-corrected chi connectivity index (χ3v) is 2.92. The monoisotopic (exact) mass is 290 g/mol. The fourth-order valence-corrected chi connectivity index (χ4v) is 1.95. The first-order valence-electron chi connectivity index (χ1n) is 6.92. The molecule has 0 saturated carbocycles. The van der Waals surface area contributed by atoms with Crippen molar-refractivity contribution in [3.8, 4) is 5.88 Å². The van der Waals surface area contributed by atoms with E-state index in [1.807, 2.05) is 11.8 Å². The van der Waals surface area contributed by atoms with Crippen LogP contribution in [0.1, 0.15) is 13.3 Å². The van der Waals surface area contributed by atoms with E-state index in [-0.39, 0.29) is 5.82 Å². The van der Waals surface area contributed by atoms with Crippen molar-refractivity contribution >= 4 is 11.5 Å². The van der Waals surface area contributed by atoms with Gasteiger partial charge in [-0.3, -0.25) is 0 Å². The van der Waals surface area contributed by atoms with Crippen molar-refractivity contribution in [1.82, 2.24) is 9.97 Å². The zero-order valence-electron chi connectivity index (χ0n) is 12.0. The summed E-state index contributed by atoms with van der Waals surface area (Å²) >= 11 is 0. The predicted molar refractivity (Wildman–Crippen MR) is 80.3 cm³/mol. The van der Waals surface area contributed by atoms with Crippen molar-refractivity contribution in [1.29, 1.82) is 0 Å². The maximum atomic E-state index is 13.1. The Labute approximate surface area is 123 Å². The second-order valence-electron chi connectivity index (χ2n) is 4.42. The second kappa shape index (κ2) is 7.54. The van der Waals surface area contributed by atoms with Crippen LogP contribution in [0.3, 0.4) is 0 Å². The lowest BCUT2D eigenvalue weighted by Gasteiger charge is -2.23. The number of nitrogens with zero attached hydrogens (tertiary/aromatic N) is 3. The van der Waals surface area contributed by atoms with Gasteiger partial charge in [0.05, 0.1) is 6.61 Å². The topological polar surface area (TPSA) is 64.3 Å². The lowest BCUT2D eigenvalue weighted by atomic mass is 10.2. The van der Waals surface area contributed by atoms with E-state index < -0.39 is 0 Å². The number of hydrogen-bond donors (Lipinski definition) is 1. The summed E-state index contributed by atoms with van der Waals surface area (Å²) < 4.78 is 18.5. The SMILES string of the molecule is CCOc1cc(N(CCCN)c2ccc(F)cc2)ncn1. The van der Waals surface area contributed by atoms with Crippen LogP contribution in [0.4, 0.5) is 15.9 Å². The molecule has 21 heavy (non-hydrogen) atoms. The quantitative estimate of drug-likeness (QED) is 0.848. The molecule has 0 aliphatic rings. The lowest BCUT2D eigenvalue weighted by molar-refractivity contribution is 0.326. The van der Waals surface area contributed by atoms with Gasteiger partial charge in [0.2, 0.25) is 5.88 Å². The van der Waals surface area contributed by atoms with E-state index >= 15 is 0 Å². The Morgan fingerprint density at radius 1 is 1.24 bits per heavy atom. The Morgan fingerprint density at radius 2 is 2.00 bits per heavy atom. The van der Waals surface area contributed by atoms with Crippen molar-refractivity contribution in [3.63, 3.8) is 0 Å². The highest BCUT2D eigenvalue weighted by Gasteiger charge is 2.12. The molecule has 0 spiro atoms. The Hall–Kier alpha value is -2.21. The molecule has 0 unspecified atom stereocenters. The molecule has 0 aliphatic carbocycles. The smallest absolute Gasteiger partial charge is 0.218 e. The van der Waals surface area contributed by atoms with Crippen LogP contribution in [0, 0.1) is 5.82 Å². The van der Waals surface area contributed by atoms with Crippen molar-refractivity contribution < 1.29 is 9.13 Å². The first-order chi connectivity index (χ1) is 10.2. The van der Waals surface area contributed by atoms with Crippen LogP contribution in [-0.2, 0) is 0 Å². The number of anilines is 2. The van der Waals surface area contributed by atoms with E-state index in [9.17, 15) is 4.39 Å². The van der Waals surface area contributed by atoms with Crippen LogP contribution in [0.25, 0.3) is 0 Å². The lowest BCUT2D eigenvalue weighted by Crippen LogP contribution is -2.22. The molecule has 1 aromatic carbocycles. The number of aromatic nitrogens is 2. The zero-order chi connectivity index (χ0) is 15.1. The fraction of sp³-hybridized carbons (Fsp3) is 0.333. The molecule has 0 bridgehead atoms. The van der Waals surface area contributed by atoms with E-state index in [4.69, 9.17) is 10.5 Å². The Morgan fingerprint density at radius 3 is 2.67 bits per heavy atom. The fourth-order valence-electron chi connectivity index (χ4n) is 1.95. The Bertz CT molecular complexity index is 562. The molecule has 112 valence electrons. The average molecular weight is 290 g/mol. The maximum absolute atomic E-state index is 13.1. The minimum absolute atomic E-state index is 0.268. The summed E-state index contributed by atoms with van der Waals surface area (Å²) in [5.74, 6) is 0.950. The predicted octanol–water partition coefficient (Wildman–Crippen LogP) is 2.50. The maximum Gasteiger partial charge on any atom is 0.218 e. The van der Waals surface area contributed by atoms with Crippen LogP contribution in [0.15, 0.2) is 36.7 Å². The highest BCUT2D eigenvalue weighted by molar-refractivity contribution is 5.60. The number of hydrogen-bond acceptors (Lipinski definition) is 5. The minimum atomic E-state index is -0.268. The molecule has 1 heterocycles. The van der Waals surface area contributed by atoms with Crippen LogP contribution in [-0.4, -0.2) is 29.7 Å². The molecule has 2 N–H and O–H groups in total. The van der Waals surface area contributed by atoms with E-state index in [1.54, 1.807) is 18.2 Å². The van der Waals surface area contributed by atoms with Gasteiger partial charge in [-0.25, -0.2) is 14.4 Å². The van der Waals surface area contributed by atoms with Gasteiger partial charge in [-0.15, -0.1) is 0 Å². The van der Waals surface area contributed by atoms with Crippen LogP contribution in [0.5, 0.6) is 5.88 Å². The first kappa shape index (κ1) is 15.2. The molecule has 0 radical (unpaired) electrons. The van der Waals surface area contributed by atoms with Gasteiger partial charge in [0.25, 0.3) is 0 Å². The highest BCUT2D eigenvalue weighted by atomic mass is 19.1. The molecule has 0 atom stereocenters. The summed E-state index contributed by atoms with van der Waals surface area (Å²) in [6.07, 6.45) is 2.25. The molecule has 0 aliphatic heterocycles. The number of nitrogens with two attached hydrogens (primary N) is 1. The standard InChI is InChI=1S/C15H19FN4O/c1-2-21-15-10-14(18-11-19-15)20(9-3-8-17)13-6-4-12(16)5-7-13/h4-7,10-11H,2-3,8-9,17H2,1H3. The molecule has 0 amide bonds. The highest BCUT2D eigenvalue weighted by Crippen LogP contribution is 2.25. The van der Waals surface area contributed by atoms with Gasteiger partial charge in [-0.05, 0) is 44.2 Å². The largest absolute Gasteiger partial charge is 0.478 e. The minimum Gasteiger partial charge on any atom is -0.478 e. The number of rotatable bonds is 7. The van der Waals surface area contributed by atoms with Crippen molar-refractivity contribution in [3.05, 3.63) is 42.5 Å². The van der Waals surface area contributed by atoms with Crippen molar-refractivity contribution in [2.75, 3.05) is 24.6 Å². The summed E-state index contributed by atoms with van der Waals surface area (Å²) in [6.45, 7) is 3.69. The molecule has 2 rings (SSSR count). The molecule has 0 saturated heterocycles. The molecular weight excluding hydrogens is 271 g/mol. The van der Waals surface area contributed by atoms with Gasteiger partial charge in [-0.2, -0.15) is 0 Å². The van der Waals surface area contributed by atoms with E-state index in [1.165, 1.54) is 18.5 Å². The zero-order valence-corrected chi connectivity index (χ0v) is 12.0. The third-order valence-electron chi connectivity index (χ3n) is 2.92. The van der Waals surface area contributed by atoms with E-state index in [0.29, 0.717) is 31.4 Å². The molecule has 2 aromatic rings. The van der Waals surface area contributed by atoms with Crippen LogP contribution in [0.2, 0.25) is 0 Å². The third kappa shape index (κ3) is 4.13. The van der Waals surface area contributed by atoms with Crippen LogP contribution < -0.4 is 15.4 Å². The first-order valence-corrected chi connectivity index (χ1v) is 6.92. The molecule has 0 fully saturated rings. The summed E-state index contributed by atoms with van der Waals surface area (Å²) in [7, 11) is 0. The summed E-state index contributed by atoms with van der Waals surface area (Å²) in [5, 5.41) is 0. The summed E-state index contributed by atoms with van der Waals surface area (Å²) in [6, 6.07) is 8.05. The van der Waals surface area contributed by atoms with Gasteiger partial charge in [0, 0.05) is 18.3 Å². The van der Waals surface area contributed by atoms with Crippen molar-refractivity contribution in [2.24, 2.45) is 5.73 Å². The summed E-state index contributed by atoms with van der Waals surface area (Å²) in [5.41, 5.74) is 6.44. The van der Waals surface area contributed by atoms with Gasteiger partial charge in [-0.1, -0.05) is 0 Å². The van der Waals surface area contributed by atoms with Crippen LogP contribution >= 0.6 is 0 Å². The molecule has 5 nitrogen and oxygen atoms in total. The number of benzene rings is 1.